The number of hydrogen-bond acceptors (Lipinski definition) is 4. The fraction of sp³-hybridized carbons (Fsp3) is 0.750. The number of carboxylic acid groups (broad SMARTS) is 1. The van der Waals surface area contributed by atoms with Gasteiger partial charge in [0, 0.05) is 17.2 Å². The zero-order chi connectivity index (χ0) is 19.5. The summed E-state index contributed by atoms with van der Waals surface area (Å²) in [6.07, 6.45) is 11.6. The van der Waals surface area contributed by atoms with Gasteiger partial charge in [-0.3, -0.25) is 4.79 Å². The Bertz CT molecular complexity index is 463. The highest BCUT2D eigenvalue weighted by atomic mass is 79.9. The molecule has 0 amide bonds. The van der Waals surface area contributed by atoms with Crippen LogP contribution in [0.25, 0.3) is 0 Å². The maximum atomic E-state index is 10.5. The van der Waals surface area contributed by atoms with Crippen molar-refractivity contribution < 1.29 is 25.2 Å². The second kappa shape index (κ2) is 12.7. The van der Waals surface area contributed by atoms with Crippen LogP contribution >= 0.6 is 15.9 Å². The lowest BCUT2D eigenvalue weighted by atomic mass is 9.90. The van der Waals surface area contributed by atoms with Crippen molar-refractivity contribution in [3.05, 3.63) is 24.3 Å². The molecular weight excluding hydrogens is 400 g/mol. The number of allylic oxidation sites excluding steroid dienone is 2. The van der Waals surface area contributed by atoms with Gasteiger partial charge in [-0.1, -0.05) is 40.2 Å². The van der Waals surface area contributed by atoms with Gasteiger partial charge in [-0.25, -0.2) is 0 Å². The molecule has 6 heteroatoms. The SMILES string of the molecule is C[C@@H](O)CCC[C@H](O)C=C[C@@H]1[C@@H](CC=CCCCC(=O)O)[C@H](Br)C[C@H]1O. The van der Waals surface area contributed by atoms with E-state index >= 15 is 0 Å². The Labute approximate surface area is 164 Å². The van der Waals surface area contributed by atoms with Crippen LogP contribution in [0.1, 0.15) is 58.3 Å². The van der Waals surface area contributed by atoms with E-state index < -0.39 is 18.2 Å². The molecule has 1 fully saturated rings. The number of rotatable bonds is 12. The van der Waals surface area contributed by atoms with Crippen LogP contribution < -0.4 is 0 Å². The monoisotopic (exact) mass is 432 g/mol. The van der Waals surface area contributed by atoms with Crippen LogP contribution in [0.5, 0.6) is 0 Å². The first-order valence-corrected chi connectivity index (χ1v) is 10.5. The van der Waals surface area contributed by atoms with E-state index in [-0.39, 0.29) is 29.2 Å². The van der Waals surface area contributed by atoms with Crippen molar-refractivity contribution in [3.63, 3.8) is 0 Å². The van der Waals surface area contributed by atoms with E-state index in [0.717, 1.165) is 19.3 Å². The highest BCUT2D eigenvalue weighted by Gasteiger charge is 2.38. The van der Waals surface area contributed by atoms with E-state index in [1.165, 1.54) is 0 Å². The number of carboxylic acids is 1. The Morgan fingerprint density at radius 2 is 1.96 bits per heavy atom. The number of aliphatic hydroxyl groups excluding tert-OH is 3. The Hall–Kier alpha value is -0.690. The summed E-state index contributed by atoms with van der Waals surface area (Å²) in [7, 11) is 0. The highest BCUT2D eigenvalue weighted by Crippen LogP contribution is 2.40. The van der Waals surface area contributed by atoms with Gasteiger partial charge < -0.3 is 20.4 Å². The normalized spacial score (nSPS) is 28.8. The van der Waals surface area contributed by atoms with Crippen LogP contribution in [0.15, 0.2) is 24.3 Å². The van der Waals surface area contributed by atoms with Crippen LogP contribution in [-0.4, -0.2) is 49.5 Å². The summed E-state index contributed by atoms with van der Waals surface area (Å²) in [6, 6.07) is 0. The maximum absolute atomic E-state index is 10.5. The van der Waals surface area contributed by atoms with Crippen molar-refractivity contribution in [2.24, 2.45) is 11.8 Å². The van der Waals surface area contributed by atoms with Crippen LogP contribution in [-0.2, 0) is 4.79 Å². The topological polar surface area (TPSA) is 98.0 Å². The van der Waals surface area contributed by atoms with Crippen molar-refractivity contribution in [1.82, 2.24) is 0 Å². The van der Waals surface area contributed by atoms with Crippen molar-refractivity contribution in [2.75, 3.05) is 0 Å². The van der Waals surface area contributed by atoms with Gasteiger partial charge in [-0.15, -0.1) is 0 Å². The molecule has 0 unspecified atom stereocenters. The summed E-state index contributed by atoms with van der Waals surface area (Å²) >= 11 is 3.66. The van der Waals surface area contributed by atoms with Crippen LogP contribution in [0.2, 0.25) is 0 Å². The first-order valence-electron chi connectivity index (χ1n) is 9.54. The fourth-order valence-electron chi connectivity index (χ4n) is 3.38. The number of alkyl halides is 1. The van der Waals surface area contributed by atoms with Crippen LogP contribution in [0, 0.1) is 11.8 Å². The molecule has 5 nitrogen and oxygen atoms in total. The molecule has 0 aromatic rings. The molecule has 1 saturated carbocycles. The lowest BCUT2D eigenvalue weighted by molar-refractivity contribution is -0.137. The molecule has 1 aliphatic carbocycles. The molecule has 0 saturated heterocycles. The largest absolute Gasteiger partial charge is 0.481 e. The predicted octanol–water partition coefficient (Wildman–Crippen LogP) is 3.42. The molecule has 0 bridgehead atoms. The third kappa shape index (κ3) is 9.31. The number of halogens is 1. The molecule has 6 atom stereocenters. The van der Waals surface area contributed by atoms with E-state index in [2.05, 4.69) is 22.0 Å². The van der Waals surface area contributed by atoms with Gasteiger partial charge in [-0.05, 0) is 57.8 Å². The third-order valence-electron chi connectivity index (χ3n) is 4.88. The van der Waals surface area contributed by atoms with Gasteiger partial charge in [0.15, 0.2) is 0 Å². The third-order valence-corrected chi connectivity index (χ3v) is 5.94. The molecule has 0 spiro atoms. The van der Waals surface area contributed by atoms with Crippen LogP contribution in [0.3, 0.4) is 0 Å². The molecule has 150 valence electrons. The minimum Gasteiger partial charge on any atom is -0.481 e. The molecule has 1 aliphatic rings. The zero-order valence-electron chi connectivity index (χ0n) is 15.5. The minimum atomic E-state index is -0.768. The summed E-state index contributed by atoms with van der Waals surface area (Å²) in [6.45, 7) is 1.74. The highest BCUT2D eigenvalue weighted by molar-refractivity contribution is 9.09. The zero-order valence-corrected chi connectivity index (χ0v) is 17.1. The summed E-state index contributed by atoms with van der Waals surface area (Å²) in [4.78, 5) is 10.7. The predicted molar refractivity (Wildman–Crippen MR) is 106 cm³/mol. The van der Waals surface area contributed by atoms with Crippen molar-refractivity contribution >= 4 is 21.9 Å². The molecule has 4 N–H and O–H groups in total. The molecule has 0 aromatic heterocycles. The van der Waals surface area contributed by atoms with E-state index in [9.17, 15) is 20.1 Å². The fourth-order valence-corrected chi connectivity index (χ4v) is 4.33. The average molecular weight is 433 g/mol. The summed E-state index contributed by atoms with van der Waals surface area (Å²) in [5, 5.41) is 38.2. The maximum Gasteiger partial charge on any atom is 0.303 e. The molecule has 1 rings (SSSR count). The van der Waals surface area contributed by atoms with E-state index in [4.69, 9.17) is 5.11 Å². The van der Waals surface area contributed by atoms with Gasteiger partial charge >= 0.3 is 5.97 Å². The first-order chi connectivity index (χ1) is 12.3. The van der Waals surface area contributed by atoms with E-state index in [1.807, 2.05) is 12.2 Å². The first kappa shape index (κ1) is 23.3. The summed E-state index contributed by atoms with van der Waals surface area (Å²) < 4.78 is 0. The van der Waals surface area contributed by atoms with Crippen molar-refractivity contribution in [1.29, 1.82) is 0 Å². The molecule has 0 aliphatic heterocycles. The number of unbranched alkanes of at least 4 members (excludes halogenated alkanes) is 1. The van der Waals surface area contributed by atoms with Gasteiger partial charge in [0.25, 0.3) is 0 Å². The number of carbonyl (C=O) groups is 1. The lowest BCUT2D eigenvalue weighted by Gasteiger charge is -2.19. The molecule has 0 heterocycles. The van der Waals surface area contributed by atoms with Gasteiger partial charge in [-0.2, -0.15) is 0 Å². The molecular formula is C20H33BrO5. The average Bonchev–Trinajstić information content (AvgIpc) is 2.81. The van der Waals surface area contributed by atoms with Crippen LogP contribution in [0.4, 0.5) is 0 Å². The van der Waals surface area contributed by atoms with E-state index in [1.54, 1.807) is 13.0 Å². The van der Waals surface area contributed by atoms with E-state index in [0.29, 0.717) is 25.7 Å². The number of aliphatic hydroxyl groups is 3. The standard InChI is InChI=1S/C20H33BrO5/c1-14(22)7-6-8-15(23)11-12-17-16(18(21)13-19(17)24)9-4-2-3-5-10-20(25)26/h2,4,11-12,14-19,22-24H,3,5-10,13H2,1H3,(H,25,26)/t14-,15+,16-,17-,18-,19-/m1/s1. The quantitative estimate of drug-likeness (QED) is 0.215. The van der Waals surface area contributed by atoms with Gasteiger partial charge in [0.2, 0.25) is 0 Å². The Morgan fingerprint density at radius 3 is 2.62 bits per heavy atom. The number of aliphatic carboxylic acids is 1. The van der Waals surface area contributed by atoms with Crippen molar-refractivity contribution in [3.8, 4) is 0 Å². The summed E-state index contributed by atoms with van der Waals surface area (Å²) in [5.74, 6) is -0.522. The number of hydrogen-bond donors (Lipinski definition) is 4. The van der Waals surface area contributed by atoms with Crippen molar-refractivity contribution in [2.45, 2.75) is 81.4 Å². The van der Waals surface area contributed by atoms with Gasteiger partial charge in [0.05, 0.1) is 18.3 Å². The molecule has 0 aromatic carbocycles. The van der Waals surface area contributed by atoms with Gasteiger partial charge in [0.1, 0.15) is 0 Å². The Balaban J connectivity index is 2.46. The second-order valence-electron chi connectivity index (χ2n) is 7.29. The molecule has 26 heavy (non-hydrogen) atoms. The smallest absolute Gasteiger partial charge is 0.303 e. The Kier molecular flexibility index (Phi) is 11.4. The minimum absolute atomic E-state index is 0.00513. The second-order valence-corrected chi connectivity index (χ2v) is 8.46. The lowest BCUT2D eigenvalue weighted by Crippen LogP contribution is -2.19. The Morgan fingerprint density at radius 1 is 1.23 bits per heavy atom. The molecule has 0 radical (unpaired) electrons. The summed E-state index contributed by atoms with van der Waals surface area (Å²) in [5.41, 5.74) is 0.